The smallest absolute Gasteiger partial charge is 0.227 e. The molecule has 0 radical (unpaired) electrons. The molecule has 20 heavy (non-hydrogen) atoms. The molecule has 0 saturated carbocycles. The summed E-state index contributed by atoms with van der Waals surface area (Å²) in [6.07, 6.45) is 4.69. The molecule has 4 nitrogen and oxygen atoms in total. The van der Waals surface area contributed by atoms with E-state index in [2.05, 4.69) is 4.98 Å². The predicted octanol–water partition coefficient (Wildman–Crippen LogP) is 2.69. The molecule has 1 aromatic heterocycles. The van der Waals surface area contributed by atoms with Crippen LogP contribution in [0.3, 0.4) is 0 Å². The third kappa shape index (κ3) is 3.57. The lowest BCUT2D eigenvalue weighted by Crippen LogP contribution is -2.26. The number of pyridine rings is 1. The Balaban J connectivity index is 1.94. The van der Waals surface area contributed by atoms with Gasteiger partial charge in [0.1, 0.15) is 5.75 Å². The Hall–Kier alpha value is -2.36. The Morgan fingerprint density at radius 2 is 2.00 bits per heavy atom. The molecule has 1 amide bonds. The summed E-state index contributed by atoms with van der Waals surface area (Å²) in [6.45, 7) is 0. The summed E-state index contributed by atoms with van der Waals surface area (Å²) in [6, 6.07) is 11.3. The van der Waals surface area contributed by atoms with Gasteiger partial charge in [-0.2, -0.15) is 0 Å². The molecule has 0 N–H and O–H groups in total. The zero-order valence-corrected chi connectivity index (χ0v) is 11.7. The number of rotatable bonds is 5. The van der Waals surface area contributed by atoms with Crippen LogP contribution in [-0.4, -0.2) is 25.0 Å². The zero-order chi connectivity index (χ0) is 14.4. The Kier molecular flexibility index (Phi) is 4.71. The lowest BCUT2D eigenvalue weighted by molar-refractivity contribution is -0.118. The molecule has 2 aromatic rings. The number of hydrogen-bond acceptors (Lipinski definition) is 3. The van der Waals surface area contributed by atoms with Gasteiger partial charge in [-0.15, -0.1) is 0 Å². The number of hydrogen-bond donors (Lipinski definition) is 0. The van der Waals surface area contributed by atoms with Gasteiger partial charge in [-0.3, -0.25) is 9.78 Å². The van der Waals surface area contributed by atoms with Gasteiger partial charge in [0.05, 0.1) is 7.11 Å². The largest absolute Gasteiger partial charge is 0.497 e. The lowest BCUT2D eigenvalue weighted by Gasteiger charge is -2.17. The van der Waals surface area contributed by atoms with E-state index in [-0.39, 0.29) is 5.91 Å². The SMILES string of the molecule is COc1ccc(N(C)C(=O)CCc2cccnc2)cc1. The second-order valence-corrected chi connectivity index (χ2v) is 4.51. The van der Waals surface area contributed by atoms with Crippen LogP contribution in [-0.2, 0) is 11.2 Å². The molecular formula is C16H18N2O2. The van der Waals surface area contributed by atoms with Crippen molar-refractivity contribution in [2.75, 3.05) is 19.1 Å². The standard InChI is InChI=1S/C16H18N2O2/c1-18(14-6-8-15(20-2)9-7-14)16(19)10-5-13-4-3-11-17-12-13/h3-4,6-9,11-12H,5,10H2,1-2H3. The van der Waals surface area contributed by atoms with Crippen LogP contribution in [0.2, 0.25) is 0 Å². The van der Waals surface area contributed by atoms with Crippen molar-refractivity contribution in [3.8, 4) is 5.75 Å². The van der Waals surface area contributed by atoms with Gasteiger partial charge in [-0.05, 0) is 42.3 Å². The molecule has 0 spiro atoms. The fourth-order valence-electron chi connectivity index (χ4n) is 1.91. The summed E-state index contributed by atoms with van der Waals surface area (Å²) in [4.78, 5) is 17.9. The number of methoxy groups -OCH3 is 1. The van der Waals surface area contributed by atoms with Gasteiger partial charge in [0, 0.05) is 31.5 Å². The van der Waals surface area contributed by atoms with Crippen molar-refractivity contribution in [2.45, 2.75) is 12.8 Å². The Morgan fingerprint density at radius 1 is 1.25 bits per heavy atom. The maximum atomic E-state index is 12.1. The van der Waals surface area contributed by atoms with Crippen molar-refractivity contribution in [3.63, 3.8) is 0 Å². The Morgan fingerprint density at radius 3 is 2.60 bits per heavy atom. The molecule has 0 bridgehead atoms. The number of nitrogens with zero attached hydrogens (tertiary/aromatic N) is 2. The minimum atomic E-state index is 0.0824. The van der Waals surface area contributed by atoms with Crippen molar-refractivity contribution in [3.05, 3.63) is 54.4 Å². The highest BCUT2D eigenvalue weighted by atomic mass is 16.5. The van der Waals surface area contributed by atoms with Crippen molar-refractivity contribution >= 4 is 11.6 Å². The molecule has 1 heterocycles. The first-order valence-electron chi connectivity index (χ1n) is 6.50. The van der Waals surface area contributed by atoms with E-state index in [0.29, 0.717) is 12.8 Å². The average molecular weight is 270 g/mol. The van der Waals surface area contributed by atoms with Crippen LogP contribution in [0.5, 0.6) is 5.75 Å². The third-order valence-corrected chi connectivity index (χ3v) is 3.18. The van der Waals surface area contributed by atoms with E-state index >= 15 is 0 Å². The molecule has 0 atom stereocenters. The summed E-state index contributed by atoms with van der Waals surface area (Å²) in [5.41, 5.74) is 1.94. The minimum absolute atomic E-state index is 0.0824. The topological polar surface area (TPSA) is 42.4 Å². The molecule has 0 aliphatic heterocycles. The number of benzene rings is 1. The Labute approximate surface area is 119 Å². The zero-order valence-electron chi connectivity index (χ0n) is 11.7. The normalized spacial score (nSPS) is 10.1. The molecule has 0 aliphatic carbocycles. The van der Waals surface area contributed by atoms with Gasteiger partial charge in [-0.1, -0.05) is 6.07 Å². The fraction of sp³-hybridized carbons (Fsp3) is 0.250. The first-order chi connectivity index (χ1) is 9.70. The molecule has 1 aromatic carbocycles. The summed E-state index contributed by atoms with van der Waals surface area (Å²) in [5, 5.41) is 0. The molecule has 0 saturated heterocycles. The summed E-state index contributed by atoms with van der Waals surface area (Å²) in [7, 11) is 3.41. The van der Waals surface area contributed by atoms with Gasteiger partial charge in [0.2, 0.25) is 5.91 Å². The number of aryl methyl sites for hydroxylation is 1. The highest BCUT2D eigenvalue weighted by molar-refractivity contribution is 5.92. The molecular weight excluding hydrogens is 252 g/mol. The van der Waals surface area contributed by atoms with Gasteiger partial charge >= 0.3 is 0 Å². The number of amides is 1. The lowest BCUT2D eigenvalue weighted by atomic mass is 10.1. The van der Waals surface area contributed by atoms with E-state index in [4.69, 9.17) is 4.74 Å². The maximum absolute atomic E-state index is 12.1. The van der Waals surface area contributed by atoms with E-state index in [0.717, 1.165) is 17.0 Å². The van der Waals surface area contributed by atoms with Crippen LogP contribution in [0, 0.1) is 0 Å². The molecule has 2 rings (SSSR count). The van der Waals surface area contributed by atoms with Crippen molar-refractivity contribution in [1.29, 1.82) is 0 Å². The number of carbonyl (C=O) groups excluding carboxylic acids is 1. The molecule has 104 valence electrons. The van der Waals surface area contributed by atoms with E-state index in [1.165, 1.54) is 0 Å². The van der Waals surface area contributed by atoms with Gasteiger partial charge in [0.15, 0.2) is 0 Å². The monoisotopic (exact) mass is 270 g/mol. The van der Waals surface area contributed by atoms with Crippen molar-refractivity contribution < 1.29 is 9.53 Å². The number of carbonyl (C=O) groups is 1. The van der Waals surface area contributed by atoms with Gasteiger partial charge in [-0.25, -0.2) is 0 Å². The second kappa shape index (κ2) is 6.70. The first kappa shape index (κ1) is 14.1. The van der Waals surface area contributed by atoms with Crippen molar-refractivity contribution in [2.24, 2.45) is 0 Å². The highest BCUT2D eigenvalue weighted by Crippen LogP contribution is 2.19. The van der Waals surface area contributed by atoms with Gasteiger partial charge in [0.25, 0.3) is 0 Å². The van der Waals surface area contributed by atoms with Crippen LogP contribution >= 0.6 is 0 Å². The van der Waals surface area contributed by atoms with Crippen LogP contribution in [0.4, 0.5) is 5.69 Å². The number of anilines is 1. The quantitative estimate of drug-likeness (QED) is 0.839. The minimum Gasteiger partial charge on any atom is -0.497 e. The summed E-state index contributed by atoms with van der Waals surface area (Å²) >= 11 is 0. The molecule has 4 heteroatoms. The van der Waals surface area contributed by atoms with Crippen LogP contribution in [0.15, 0.2) is 48.8 Å². The summed E-state index contributed by atoms with van der Waals surface area (Å²) < 4.78 is 5.10. The first-order valence-corrected chi connectivity index (χ1v) is 6.50. The van der Waals surface area contributed by atoms with E-state index in [1.807, 2.05) is 36.4 Å². The maximum Gasteiger partial charge on any atom is 0.227 e. The molecule has 0 aliphatic rings. The van der Waals surface area contributed by atoms with Crippen LogP contribution in [0.1, 0.15) is 12.0 Å². The third-order valence-electron chi connectivity index (χ3n) is 3.18. The Bertz CT molecular complexity index is 552. The van der Waals surface area contributed by atoms with Crippen LogP contribution in [0.25, 0.3) is 0 Å². The van der Waals surface area contributed by atoms with Crippen LogP contribution < -0.4 is 9.64 Å². The van der Waals surface area contributed by atoms with E-state index in [1.54, 1.807) is 31.5 Å². The molecule has 0 unspecified atom stereocenters. The van der Waals surface area contributed by atoms with Crippen molar-refractivity contribution in [1.82, 2.24) is 4.98 Å². The molecule has 0 fully saturated rings. The second-order valence-electron chi connectivity index (χ2n) is 4.51. The highest BCUT2D eigenvalue weighted by Gasteiger charge is 2.11. The predicted molar refractivity (Wildman–Crippen MR) is 79.0 cm³/mol. The average Bonchev–Trinajstić information content (AvgIpc) is 2.53. The summed E-state index contributed by atoms with van der Waals surface area (Å²) in [5.74, 6) is 0.865. The van der Waals surface area contributed by atoms with E-state index < -0.39 is 0 Å². The van der Waals surface area contributed by atoms with E-state index in [9.17, 15) is 4.79 Å². The number of aromatic nitrogens is 1. The fourth-order valence-corrected chi connectivity index (χ4v) is 1.91. The van der Waals surface area contributed by atoms with Gasteiger partial charge < -0.3 is 9.64 Å². The number of ether oxygens (including phenoxy) is 1.